The molecule has 0 radical (unpaired) electrons. The van der Waals surface area contributed by atoms with Crippen molar-refractivity contribution in [2.24, 2.45) is 12.8 Å². The van der Waals surface area contributed by atoms with Gasteiger partial charge in [0.25, 0.3) is 0 Å². The minimum absolute atomic E-state index is 0.0431. The van der Waals surface area contributed by atoms with Crippen LogP contribution in [0, 0.1) is 6.92 Å². The topological polar surface area (TPSA) is 64.2 Å². The number of amides is 1. The first-order valence-electron chi connectivity index (χ1n) is 5.89. The van der Waals surface area contributed by atoms with Crippen LogP contribution in [-0.4, -0.2) is 34.0 Å². The Labute approximate surface area is 106 Å². The van der Waals surface area contributed by atoms with Crippen molar-refractivity contribution in [3.63, 3.8) is 0 Å². The molecule has 1 aromatic heterocycles. The molecule has 0 saturated carbocycles. The third kappa shape index (κ3) is 2.22. The van der Waals surface area contributed by atoms with Gasteiger partial charge in [0.05, 0.1) is 17.6 Å². The number of nitrogens with zero attached hydrogens (tertiary/aromatic N) is 3. The molecule has 1 heterocycles. The molecule has 1 amide bonds. The Kier molecular flexibility index (Phi) is 3.34. The first-order valence-corrected chi connectivity index (χ1v) is 5.89. The normalized spacial score (nSPS) is 10.9. The summed E-state index contributed by atoms with van der Waals surface area (Å²) in [5.41, 5.74) is 8.45. The van der Waals surface area contributed by atoms with Crippen LogP contribution in [0.15, 0.2) is 18.2 Å². The van der Waals surface area contributed by atoms with Gasteiger partial charge in [-0.1, -0.05) is 6.07 Å². The van der Waals surface area contributed by atoms with Crippen LogP contribution < -0.4 is 5.73 Å². The molecule has 0 atom stereocenters. The second-order valence-corrected chi connectivity index (χ2v) is 4.50. The summed E-state index contributed by atoms with van der Waals surface area (Å²) in [6.45, 7) is 2.58. The number of carbonyl (C=O) groups is 1. The highest BCUT2D eigenvalue weighted by Crippen LogP contribution is 2.17. The first kappa shape index (κ1) is 12.6. The van der Waals surface area contributed by atoms with E-state index in [1.807, 2.05) is 36.7 Å². The zero-order chi connectivity index (χ0) is 13.3. The fraction of sp³-hybridized carbons (Fsp3) is 0.385. The van der Waals surface area contributed by atoms with Crippen molar-refractivity contribution < 1.29 is 4.79 Å². The van der Waals surface area contributed by atoms with Crippen LogP contribution in [0.3, 0.4) is 0 Å². The van der Waals surface area contributed by atoms with Gasteiger partial charge in [0.2, 0.25) is 5.91 Å². The molecule has 18 heavy (non-hydrogen) atoms. The van der Waals surface area contributed by atoms with Crippen LogP contribution in [0.25, 0.3) is 11.0 Å². The molecule has 5 heteroatoms. The lowest BCUT2D eigenvalue weighted by Gasteiger charge is -2.16. The van der Waals surface area contributed by atoms with E-state index in [1.165, 1.54) is 0 Å². The standard InChI is InChI=1S/C13H18N4O/c1-9-15-11-6-10(4-5-12(11)17(9)3)8-16(2)13(18)7-14/h4-6H,7-8,14H2,1-3H3. The van der Waals surface area contributed by atoms with Crippen molar-refractivity contribution in [1.82, 2.24) is 14.5 Å². The number of rotatable bonds is 3. The van der Waals surface area contributed by atoms with Gasteiger partial charge >= 0.3 is 0 Å². The van der Waals surface area contributed by atoms with E-state index < -0.39 is 0 Å². The molecule has 0 spiro atoms. The fourth-order valence-corrected chi connectivity index (χ4v) is 1.98. The second kappa shape index (κ2) is 4.78. The number of benzene rings is 1. The lowest BCUT2D eigenvalue weighted by molar-refractivity contribution is -0.128. The highest BCUT2D eigenvalue weighted by atomic mass is 16.2. The largest absolute Gasteiger partial charge is 0.340 e. The van der Waals surface area contributed by atoms with E-state index in [2.05, 4.69) is 4.98 Å². The molecule has 0 saturated heterocycles. The SMILES string of the molecule is Cc1nc2cc(CN(C)C(=O)CN)ccc2n1C. The molecule has 0 aliphatic rings. The van der Waals surface area contributed by atoms with E-state index in [4.69, 9.17) is 5.73 Å². The molecule has 0 fully saturated rings. The van der Waals surface area contributed by atoms with Gasteiger partial charge in [-0.15, -0.1) is 0 Å². The van der Waals surface area contributed by atoms with Gasteiger partial charge < -0.3 is 15.2 Å². The van der Waals surface area contributed by atoms with E-state index in [-0.39, 0.29) is 12.5 Å². The molecule has 2 aromatic rings. The van der Waals surface area contributed by atoms with Gasteiger partial charge in [-0.25, -0.2) is 4.98 Å². The zero-order valence-electron chi connectivity index (χ0n) is 11.0. The number of hydrogen-bond donors (Lipinski definition) is 1. The molecule has 0 aliphatic heterocycles. The van der Waals surface area contributed by atoms with Crippen molar-refractivity contribution in [3.8, 4) is 0 Å². The van der Waals surface area contributed by atoms with Crippen LogP contribution in [0.5, 0.6) is 0 Å². The minimum atomic E-state index is -0.0627. The average molecular weight is 246 g/mol. The third-order valence-corrected chi connectivity index (χ3v) is 3.19. The molecule has 0 bridgehead atoms. The number of nitrogens with two attached hydrogens (primary N) is 1. The highest BCUT2D eigenvalue weighted by Gasteiger charge is 2.09. The van der Waals surface area contributed by atoms with Crippen LogP contribution >= 0.6 is 0 Å². The van der Waals surface area contributed by atoms with Gasteiger partial charge in [0, 0.05) is 20.6 Å². The third-order valence-electron chi connectivity index (χ3n) is 3.19. The van der Waals surface area contributed by atoms with Crippen molar-refractivity contribution in [2.75, 3.05) is 13.6 Å². The predicted octanol–water partition coefficient (Wildman–Crippen LogP) is 0.799. The molecule has 1 aromatic carbocycles. The lowest BCUT2D eigenvalue weighted by atomic mass is 10.2. The monoisotopic (exact) mass is 246 g/mol. The summed E-state index contributed by atoms with van der Waals surface area (Å²) < 4.78 is 2.05. The Bertz CT molecular complexity index is 588. The summed E-state index contributed by atoms with van der Waals surface area (Å²) in [7, 11) is 3.75. The summed E-state index contributed by atoms with van der Waals surface area (Å²) in [5, 5.41) is 0. The van der Waals surface area contributed by atoms with Crippen molar-refractivity contribution in [3.05, 3.63) is 29.6 Å². The zero-order valence-corrected chi connectivity index (χ0v) is 11.0. The number of fused-ring (bicyclic) bond motifs is 1. The molecule has 0 aliphatic carbocycles. The Morgan fingerprint density at radius 2 is 2.22 bits per heavy atom. The molecule has 0 unspecified atom stereocenters. The van der Waals surface area contributed by atoms with Crippen LogP contribution in [-0.2, 0) is 18.4 Å². The van der Waals surface area contributed by atoms with Gasteiger partial charge in [-0.3, -0.25) is 4.79 Å². The first-order chi connectivity index (χ1) is 8.52. The molecular formula is C13H18N4O. The maximum absolute atomic E-state index is 11.4. The second-order valence-electron chi connectivity index (χ2n) is 4.50. The summed E-state index contributed by atoms with van der Waals surface area (Å²) in [4.78, 5) is 17.5. The number of aryl methyl sites for hydroxylation is 2. The highest BCUT2D eigenvalue weighted by molar-refractivity contribution is 5.79. The number of likely N-dealkylation sites (N-methyl/N-ethyl adjacent to an activating group) is 1. The molecule has 96 valence electrons. The number of carbonyl (C=O) groups excluding carboxylic acids is 1. The van der Waals surface area contributed by atoms with E-state index in [0.29, 0.717) is 6.54 Å². The number of hydrogen-bond acceptors (Lipinski definition) is 3. The van der Waals surface area contributed by atoms with Gasteiger partial charge in [0.15, 0.2) is 0 Å². The smallest absolute Gasteiger partial charge is 0.236 e. The fourth-order valence-electron chi connectivity index (χ4n) is 1.98. The van der Waals surface area contributed by atoms with Crippen LogP contribution in [0.2, 0.25) is 0 Å². The lowest BCUT2D eigenvalue weighted by Crippen LogP contribution is -2.32. The van der Waals surface area contributed by atoms with Crippen molar-refractivity contribution >= 4 is 16.9 Å². The number of aromatic nitrogens is 2. The van der Waals surface area contributed by atoms with E-state index in [1.54, 1.807) is 11.9 Å². The minimum Gasteiger partial charge on any atom is -0.340 e. The Morgan fingerprint density at radius 1 is 1.50 bits per heavy atom. The molecule has 2 N–H and O–H groups in total. The van der Waals surface area contributed by atoms with Gasteiger partial charge in [-0.05, 0) is 24.6 Å². The summed E-state index contributed by atoms with van der Waals surface area (Å²) in [5.74, 6) is 0.917. The molecular weight excluding hydrogens is 228 g/mol. The van der Waals surface area contributed by atoms with Gasteiger partial charge in [-0.2, -0.15) is 0 Å². The van der Waals surface area contributed by atoms with Crippen molar-refractivity contribution in [1.29, 1.82) is 0 Å². The van der Waals surface area contributed by atoms with Crippen LogP contribution in [0.1, 0.15) is 11.4 Å². The summed E-state index contributed by atoms with van der Waals surface area (Å²) in [6.07, 6.45) is 0. The quantitative estimate of drug-likeness (QED) is 0.871. The Hall–Kier alpha value is -1.88. The van der Waals surface area contributed by atoms with Gasteiger partial charge in [0.1, 0.15) is 5.82 Å². The summed E-state index contributed by atoms with van der Waals surface area (Å²) in [6, 6.07) is 6.07. The van der Waals surface area contributed by atoms with E-state index in [9.17, 15) is 4.79 Å². The maximum Gasteiger partial charge on any atom is 0.236 e. The average Bonchev–Trinajstić information content (AvgIpc) is 2.63. The van der Waals surface area contributed by atoms with Crippen molar-refractivity contribution in [2.45, 2.75) is 13.5 Å². The number of imidazole rings is 1. The summed E-state index contributed by atoms with van der Waals surface area (Å²) >= 11 is 0. The van der Waals surface area contributed by atoms with Crippen LogP contribution in [0.4, 0.5) is 0 Å². The maximum atomic E-state index is 11.4. The molecule has 2 rings (SSSR count). The predicted molar refractivity (Wildman–Crippen MR) is 71.0 cm³/mol. The Balaban J connectivity index is 2.28. The van der Waals surface area contributed by atoms with E-state index in [0.717, 1.165) is 22.4 Å². The molecule has 5 nitrogen and oxygen atoms in total. The van der Waals surface area contributed by atoms with E-state index >= 15 is 0 Å². The Morgan fingerprint density at radius 3 is 2.89 bits per heavy atom.